The summed E-state index contributed by atoms with van der Waals surface area (Å²) in [6.07, 6.45) is 1.33. The molecule has 1 aromatic heterocycles. The molecule has 112 valence electrons. The van der Waals surface area contributed by atoms with E-state index >= 15 is 0 Å². The molecule has 0 bridgehead atoms. The molecular weight excluding hydrogens is 296 g/mol. The fourth-order valence-electron chi connectivity index (χ4n) is 1.92. The zero-order valence-corrected chi connectivity index (χ0v) is 11.7. The molecule has 1 atom stereocenters. The number of benzene rings is 1. The second-order valence-electron chi connectivity index (χ2n) is 4.35. The van der Waals surface area contributed by atoms with Crippen LogP contribution in [0.15, 0.2) is 41.4 Å². The van der Waals surface area contributed by atoms with Crippen LogP contribution in [0.5, 0.6) is 0 Å². The van der Waals surface area contributed by atoms with E-state index in [1.807, 2.05) is 0 Å². The van der Waals surface area contributed by atoms with Crippen molar-refractivity contribution in [3.8, 4) is 0 Å². The smallest absolute Gasteiger partial charge is 0.321 e. The van der Waals surface area contributed by atoms with Gasteiger partial charge in [0.25, 0.3) is 0 Å². The molecular formula is C13H14N2O5S. The molecule has 0 aliphatic rings. The number of aliphatic carboxylic acids is 1. The normalized spacial score (nSPS) is 13.2. The number of aliphatic hydroxyl groups excluding tert-OH is 1. The summed E-state index contributed by atoms with van der Waals surface area (Å²) in [5.41, 5.74) is 0.495. The quantitative estimate of drug-likeness (QED) is 0.709. The van der Waals surface area contributed by atoms with Crippen LogP contribution < -0.4 is 4.72 Å². The number of aromatic nitrogens is 1. The predicted molar refractivity (Wildman–Crippen MR) is 75.2 cm³/mol. The van der Waals surface area contributed by atoms with Crippen molar-refractivity contribution in [3.63, 3.8) is 0 Å². The van der Waals surface area contributed by atoms with Gasteiger partial charge in [0.1, 0.15) is 6.04 Å². The minimum Gasteiger partial charge on any atom is -0.480 e. The van der Waals surface area contributed by atoms with E-state index < -0.39 is 28.6 Å². The molecule has 0 radical (unpaired) electrons. The highest BCUT2D eigenvalue weighted by Gasteiger charge is 2.26. The van der Waals surface area contributed by atoms with Gasteiger partial charge in [0.2, 0.25) is 10.0 Å². The molecule has 2 aromatic rings. The third-order valence-electron chi connectivity index (χ3n) is 2.91. The summed E-state index contributed by atoms with van der Waals surface area (Å²) in [6, 6.07) is 6.39. The number of carboxylic acid groups (broad SMARTS) is 1. The summed E-state index contributed by atoms with van der Waals surface area (Å²) in [4.78, 5) is 15.0. The minimum atomic E-state index is -4.04. The first kappa shape index (κ1) is 15.4. The Kier molecular flexibility index (Phi) is 4.51. The Morgan fingerprint density at radius 1 is 1.29 bits per heavy atom. The lowest BCUT2D eigenvalue weighted by Gasteiger charge is -2.14. The van der Waals surface area contributed by atoms with E-state index in [-0.39, 0.29) is 11.3 Å². The van der Waals surface area contributed by atoms with E-state index in [1.165, 1.54) is 18.3 Å². The van der Waals surface area contributed by atoms with Crippen LogP contribution in [0.4, 0.5) is 0 Å². The molecule has 1 heterocycles. The van der Waals surface area contributed by atoms with Crippen LogP contribution in [0.1, 0.15) is 6.42 Å². The summed E-state index contributed by atoms with van der Waals surface area (Å²) in [6.45, 7) is -0.434. The maximum absolute atomic E-state index is 12.4. The number of pyridine rings is 1. The Bertz CT molecular complexity index is 755. The Morgan fingerprint density at radius 2 is 2.05 bits per heavy atom. The van der Waals surface area contributed by atoms with Crippen molar-refractivity contribution in [1.82, 2.24) is 9.71 Å². The van der Waals surface area contributed by atoms with Gasteiger partial charge in [0.15, 0.2) is 0 Å². The number of fused-ring (bicyclic) bond motifs is 1. The van der Waals surface area contributed by atoms with Crippen LogP contribution in [0, 0.1) is 0 Å². The number of carbonyl (C=O) groups is 1. The van der Waals surface area contributed by atoms with Crippen LogP contribution in [0.3, 0.4) is 0 Å². The largest absolute Gasteiger partial charge is 0.480 e. The van der Waals surface area contributed by atoms with Gasteiger partial charge in [-0.25, -0.2) is 8.42 Å². The molecule has 0 saturated carbocycles. The van der Waals surface area contributed by atoms with Gasteiger partial charge < -0.3 is 10.2 Å². The third kappa shape index (κ3) is 3.35. The summed E-state index contributed by atoms with van der Waals surface area (Å²) in [7, 11) is -4.04. The SMILES string of the molecule is O=C(O)C(CCO)NS(=O)(=O)c1cccc2ncccc12. The fourth-order valence-corrected chi connectivity index (χ4v) is 3.36. The first-order valence-corrected chi connectivity index (χ1v) is 7.64. The zero-order chi connectivity index (χ0) is 15.5. The number of rotatable bonds is 6. The number of hydrogen-bond acceptors (Lipinski definition) is 5. The van der Waals surface area contributed by atoms with E-state index in [1.54, 1.807) is 18.2 Å². The standard InChI is InChI=1S/C13H14N2O5S/c16-8-6-11(13(17)18)15-21(19,20)12-5-1-4-10-9(12)3-2-7-14-10/h1-5,7,11,15-16H,6,8H2,(H,17,18). The molecule has 0 saturated heterocycles. The molecule has 1 aromatic carbocycles. The molecule has 21 heavy (non-hydrogen) atoms. The highest BCUT2D eigenvalue weighted by atomic mass is 32.2. The average molecular weight is 310 g/mol. The number of aliphatic hydroxyl groups is 1. The van der Waals surface area contributed by atoms with E-state index in [0.29, 0.717) is 10.9 Å². The summed E-state index contributed by atoms with van der Waals surface area (Å²) < 4.78 is 26.8. The van der Waals surface area contributed by atoms with Crippen LogP contribution in [0.2, 0.25) is 0 Å². The van der Waals surface area contributed by atoms with Crippen molar-refractivity contribution in [2.45, 2.75) is 17.4 Å². The van der Waals surface area contributed by atoms with E-state index in [0.717, 1.165) is 0 Å². The van der Waals surface area contributed by atoms with Crippen LogP contribution in [0.25, 0.3) is 10.9 Å². The van der Waals surface area contributed by atoms with Gasteiger partial charge >= 0.3 is 5.97 Å². The molecule has 1 unspecified atom stereocenters. The summed E-state index contributed by atoms with van der Waals surface area (Å²) >= 11 is 0. The van der Waals surface area contributed by atoms with Gasteiger partial charge in [0.05, 0.1) is 10.4 Å². The average Bonchev–Trinajstić information content (AvgIpc) is 2.46. The molecule has 3 N–H and O–H groups in total. The van der Waals surface area contributed by atoms with E-state index in [2.05, 4.69) is 9.71 Å². The maximum atomic E-state index is 12.4. The van der Waals surface area contributed by atoms with E-state index in [4.69, 9.17) is 10.2 Å². The van der Waals surface area contributed by atoms with Crippen LogP contribution in [-0.4, -0.2) is 42.2 Å². The topological polar surface area (TPSA) is 117 Å². The lowest BCUT2D eigenvalue weighted by Crippen LogP contribution is -2.41. The van der Waals surface area contributed by atoms with Crippen molar-refractivity contribution in [2.24, 2.45) is 0 Å². The number of carboxylic acids is 1. The molecule has 0 fully saturated rings. The predicted octanol–water partition coefficient (Wildman–Crippen LogP) is 0.349. The Labute approximate surface area is 121 Å². The lowest BCUT2D eigenvalue weighted by molar-refractivity contribution is -0.139. The van der Waals surface area contributed by atoms with Crippen LogP contribution in [-0.2, 0) is 14.8 Å². The number of hydrogen-bond donors (Lipinski definition) is 3. The zero-order valence-electron chi connectivity index (χ0n) is 10.9. The molecule has 7 nitrogen and oxygen atoms in total. The molecule has 0 amide bonds. The first-order chi connectivity index (χ1) is 9.95. The van der Waals surface area contributed by atoms with Gasteiger partial charge in [-0.05, 0) is 30.7 Å². The van der Waals surface area contributed by atoms with Crippen LogP contribution >= 0.6 is 0 Å². The van der Waals surface area contributed by atoms with Gasteiger partial charge in [-0.3, -0.25) is 9.78 Å². The van der Waals surface area contributed by atoms with Gasteiger partial charge in [-0.2, -0.15) is 4.72 Å². The number of sulfonamides is 1. The summed E-state index contributed by atoms with van der Waals surface area (Å²) in [5, 5.41) is 18.2. The molecule has 2 rings (SSSR count). The Hall–Kier alpha value is -2.03. The van der Waals surface area contributed by atoms with Gasteiger partial charge in [-0.1, -0.05) is 6.07 Å². The van der Waals surface area contributed by atoms with Crippen molar-refractivity contribution < 1.29 is 23.4 Å². The fraction of sp³-hybridized carbons (Fsp3) is 0.231. The van der Waals surface area contributed by atoms with Crippen molar-refractivity contribution in [1.29, 1.82) is 0 Å². The van der Waals surface area contributed by atoms with Crippen molar-refractivity contribution in [2.75, 3.05) is 6.61 Å². The maximum Gasteiger partial charge on any atom is 0.321 e. The Morgan fingerprint density at radius 3 is 2.71 bits per heavy atom. The highest BCUT2D eigenvalue weighted by Crippen LogP contribution is 2.21. The molecule has 8 heteroatoms. The second-order valence-corrected chi connectivity index (χ2v) is 6.03. The van der Waals surface area contributed by atoms with Crippen molar-refractivity contribution >= 4 is 26.9 Å². The monoisotopic (exact) mass is 310 g/mol. The van der Waals surface area contributed by atoms with Gasteiger partial charge in [0, 0.05) is 18.2 Å². The number of nitrogens with zero attached hydrogens (tertiary/aromatic N) is 1. The highest BCUT2D eigenvalue weighted by molar-refractivity contribution is 7.89. The first-order valence-electron chi connectivity index (χ1n) is 6.15. The van der Waals surface area contributed by atoms with Crippen molar-refractivity contribution in [3.05, 3.63) is 36.5 Å². The molecule has 0 aliphatic carbocycles. The minimum absolute atomic E-state index is 0.0442. The van der Waals surface area contributed by atoms with E-state index in [9.17, 15) is 13.2 Å². The molecule has 0 spiro atoms. The molecule has 0 aliphatic heterocycles. The Balaban J connectivity index is 2.44. The summed E-state index contributed by atoms with van der Waals surface area (Å²) in [5.74, 6) is -1.34. The lowest BCUT2D eigenvalue weighted by atomic mass is 10.2. The van der Waals surface area contributed by atoms with Gasteiger partial charge in [-0.15, -0.1) is 0 Å². The second kappa shape index (κ2) is 6.17. The number of nitrogens with one attached hydrogen (secondary N) is 1. The third-order valence-corrected chi connectivity index (χ3v) is 4.44.